The lowest BCUT2D eigenvalue weighted by atomic mass is 9.99. The van der Waals surface area contributed by atoms with Gasteiger partial charge in [0.05, 0.1) is 0 Å². The standard InChI is InChI=1S/C11H17F7O2/c1-2-20-7-5-3-4-6-8(19)9(12,13)10(14,15)11(16,17)18/h8,19H,2-7H2,1H3/t8-/m0/s1. The summed E-state index contributed by atoms with van der Waals surface area (Å²) >= 11 is 0. The van der Waals surface area contributed by atoms with Crippen LogP contribution in [0.2, 0.25) is 0 Å². The summed E-state index contributed by atoms with van der Waals surface area (Å²) in [5, 5.41) is 8.92. The van der Waals surface area contributed by atoms with Crippen LogP contribution in [-0.2, 0) is 4.74 Å². The first kappa shape index (κ1) is 19.4. The molecular formula is C11H17F7O2. The molecule has 0 bridgehead atoms. The molecule has 0 aliphatic heterocycles. The van der Waals surface area contributed by atoms with Gasteiger partial charge < -0.3 is 9.84 Å². The van der Waals surface area contributed by atoms with E-state index < -0.39 is 30.5 Å². The number of halogens is 7. The second-order valence-corrected chi connectivity index (χ2v) is 4.26. The molecule has 20 heavy (non-hydrogen) atoms. The van der Waals surface area contributed by atoms with Crippen molar-refractivity contribution in [2.45, 2.75) is 56.7 Å². The van der Waals surface area contributed by atoms with E-state index in [2.05, 4.69) is 0 Å². The first-order chi connectivity index (χ1) is 8.98. The van der Waals surface area contributed by atoms with Gasteiger partial charge in [-0.15, -0.1) is 0 Å². The molecule has 0 heterocycles. The molecule has 0 amide bonds. The molecule has 1 N–H and O–H groups in total. The van der Waals surface area contributed by atoms with E-state index >= 15 is 0 Å². The van der Waals surface area contributed by atoms with Gasteiger partial charge in [-0.25, -0.2) is 0 Å². The summed E-state index contributed by atoms with van der Waals surface area (Å²) in [6.45, 7) is 2.53. The number of rotatable bonds is 9. The molecule has 0 spiro atoms. The number of alkyl halides is 7. The molecule has 0 aromatic carbocycles. The Kier molecular flexibility index (Phi) is 7.23. The normalized spacial score (nSPS) is 15.4. The third-order valence-corrected chi connectivity index (χ3v) is 2.66. The van der Waals surface area contributed by atoms with Gasteiger partial charge in [0, 0.05) is 13.2 Å². The number of unbranched alkanes of at least 4 members (excludes halogenated alkanes) is 2. The van der Waals surface area contributed by atoms with Crippen molar-refractivity contribution >= 4 is 0 Å². The van der Waals surface area contributed by atoms with Gasteiger partial charge in [0.2, 0.25) is 0 Å². The fourth-order valence-electron chi connectivity index (χ4n) is 1.44. The van der Waals surface area contributed by atoms with Gasteiger partial charge in [0.1, 0.15) is 6.10 Å². The lowest BCUT2D eigenvalue weighted by Crippen LogP contribution is -2.57. The molecule has 9 heteroatoms. The summed E-state index contributed by atoms with van der Waals surface area (Å²) in [7, 11) is 0. The Hall–Kier alpha value is -0.570. The van der Waals surface area contributed by atoms with Crippen LogP contribution in [-0.4, -0.2) is 42.4 Å². The van der Waals surface area contributed by atoms with Crippen LogP contribution in [0.1, 0.15) is 32.6 Å². The highest BCUT2D eigenvalue weighted by Crippen LogP contribution is 2.48. The van der Waals surface area contributed by atoms with Crippen molar-refractivity contribution in [2.75, 3.05) is 13.2 Å². The zero-order chi connectivity index (χ0) is 16.0. The van der Waals surface area contributed by atoms with Crippen LogP contribution in [0.4, 0.5) is 30.7 Å². The highest BCUT2D eigenvalue weighted by Gasteiger charge is 2.75. The van der Waals surface area contributed by atoms with E-state index in [-0.39, 0.29) is 12.8 Å². The van der Waals surface area contributed by atoms with Crippen molar-refractivity contribution in [1.29, 1.82) is 0 Å². The van der Waals surface area contributed by atoms with Crippen molar-refractivity contribution in [3.8, 4) is 0 Å². The highest BCUT2D eigenvalue weighted by molar-refractivity contribution is 4.95. The van der Waals surface area contributed by atoms with Crippen LogP contribution < -0.4 is 0 Å². The minimum atomic E-state index is -6.41. The third-order valence-electron chi connectivity index (χ3n) is 2.66. The average molecular weight is 314 g/mol. The zero-order valence-corrected chi connectivity index (χ0v) is 10.8. The summed E-state index contributed by atoms with van der Waals surface area (Å²) in [6.07, 6.45) is -9.67. The van der Waals surface area contributed by atoms with E-state index in [1.54, 1.807) is 6.92 Å². The molecule has 2 nitrogen and oxygen atoms in total. The first-order valence-electron chi connectivity index (χ1n) is 6.06. The maximum Gasteiger partial charge on any atom is 0.459 e. The lowest BCUT2D eigenvalue weighted by molar-refractivity contribution is -0.371. The monoisotopic (exact) mass is 314 g/mol. The lowest BCUT2D eigenvalue weighted by Gasteiger charge is -2.31. The van der Waals surface area contributed by atoms with Crippen LogP contribution in [0, 0.1) is 0 Å². The Morgan fingerprint density at radius 2 is 1.50 bits per heavy atom. The van der Waals surface area contributed by atoms with Crippen LogP contribution in [0.3, 0.4) is 0 Å². The molecular weight excluding hydrogens is 297 g/mol. The van der Waals surface area contributed by atoms with E-state index in [0.29, 0.717) is 19.6 Å². The van der Waals surface area contributed by atoms with Crippen molar-refractivity contribution in [1.82, 2.24) is 0 Å². The third kappa shape index (κ3) is 4.76. The largest absolute Gasteiger partial charge is 0.459 e. The Balaban J connectivity index is 4.35. The maximum absolute atomic E-state index is 13.0. The van der Waals surface area contributed by atoms with Crippen molar-refractivity contribution < 1.29 is 40.6 Å². The van der Waals surface area contributed by atoms with Gasteiger partial charge in [-0.1, -0.05) is 12.8 Å². The van der Waals surface area contributed by atoms with Gasteiger partial charge in [-0.2, -0.15) is 30.7 Å². The number of hydrogen-bond donors (Lipinski definition) is 1. The molecule has 0 saturated heterocycles. The van der Waals surface area contributed by atoms with E-state index in [1.165, 1.54) is 0 Å². The summed E-state index contributed by atoms with van der Waals surface area (Å²) < 4.78 is 91.6. The summed E-state index contributed by atoms with van der Waals surface area (Å²) in [5.74, 6) is -11.8. The van der Waals surface area contributed by atoms with Crippen LogP contribution in [0.15, 0.2) is 0 Å². The van der Waals surface area contributed by atoms with Crippen LogP contribution in [0.5, 0.6) is 0 Å². The number of hydrogen-bond acceptors (Lipinski definition) is 2. The number of aliphatic hydroxyl groups excluding tert-OH is 1. The van der Waals surface area contributed by atoms with Gasteiger partial charge in [0.25, 0.3) is 0 Å². The number of ether oxygens (including phenoxy) is 1. The molecule has 0 aromatic rings. The fourth-order valence-corrected chi connectivity index (χ4v) is 1.44. The molecule has 1 atom stereocenters. The molecule has 0 rings (SSSR count). The Morgan fingerprint density at radius 3 is 1.95 bits per heavy atom. The van der Waals surface area contributed by atoms with Gasteiger partial charge in [0.15, 0.2) is 0 Å². The van der Waals surface area contributed by atoms with Crippen LogP contribution in [0.25, 0.3) is 0 Å². The quantitative estimate of drug-likeness (QED) is 0.518. The minimum absolute atomic E-state index is 0.0994. The van der Waals surface area contributed by atoms with Gasteiger partial charge in [-0.05, 0) is 19.8 Å². The predicted octanol–water partition coefficient (Wildman–Crippen LogP) is 3.78. The topological polar surface area (TPSA) is 29.5 Å². The Morgan fingerprint density at radius 1 is 0.950 bits per heavy atom. The smallest absolute Gasteiger partial charge is 0.387 e. The van der Waals surface area contributed by atoms with Crippen molar-refractivity contribution in [3.05, 3.63) is 0 Å². The minimum Gasteiger partial charge on any atom is -0.387 e. The molecule has 0 aromatic heterocycles. The highest BCUT2D eigenvalue weighted by atomic mass is 19.4. The van der Waals surface area contributed by atoms with Gasteiger partial charge in [-0.3, -0.25) is 0 Å². The van der Waals surface area contributed by atoms with E-state index in [1.807, 2.05) is 0 Å². The Labute approximate surface area is 111 Å². The zero-order valence-electron chi connectivity index (χ0n) is 10.8. The molecule has 0 unspecified atom stereocenters. The SMILES string of the molecule is CCOCCCCC[C@H](O)C(F)(F)C(F)(F)C(F)(F)F. The molecule has 0 radical (unpaired) electrons. The molecule has 0 aliphatic carbocycles. The number of aliphatic hydroxyl groups is 1. The van der Waals surface area contributed by atoms with Crippen LogP contribution >= 0.6 is 0 Å². The average Bonchev–Trinajstić information content (AvgIpc) is 2.31. The summed E-state index contributed by atoms with van der Waals surface area (Å²) in [5.41, 5.74) is 0. The van der Waals surface area contributed by atoms with Gasteiger partial charge >= 0.3 is 18.0 Å². The summed E-state index contributed by atoms with van der Waals surface area (Å²) in [6, 6.07) is 0. The maximum atomic E-state index is 13.0. The van der Waals surface area contributed by atoms with E-state index in [9.17, 15) is 30.7 Å². The molecule has 0 fully saturated rings. The van der Waals surface area contributed by atoms with Crippen molar-refractivity contribution in [2.24, 2.45) is 0 Å². The second kappa shape index (κ2) is 7.44. The predicted molar refractivity (Wildman–Crippen MR) is 56.9 cm³/mol. The van der Waals surface area contributed by atoms with E-state index in [0.717, 1.165) is 0 Å². The second-order valence-electron chi connectivity index (χ2n) is 4.26. The summed E-state index contributed by atoms with van der Waals surface area (Å²) in [4.78, 5) is 0. The Bertz CT molecular complexity index is 278. The van der Waals surface area contributed by atoms with Crippen molar-refractivity contribution in [3.63, 3.8) is 0 Å². The molecule has 122 valence electrons. The molecule has 0 aliphatic rings. The van der Waals surface area contributed by atoms with E-state index in [4.69, 9.17) is 9.84 Å². The fraction of sp³-hybridized carbons (Fsp3) is 1.00. The molecule has 0 saturated carbocycles. The first-order valence-corrected chi connectivity index (χ1v) is 6.06.